The van der Waals surface area contributed by atoms with E-state index in [9.17, 15) is 13.2 Å². The number of sulfone groups is 1. The maximum Gasteiger partial charge on any atom is 0.224 e. The predicted octanol–water partition coefficient (Wildman–Crippen LogP) is 2.21. The molecule has 0 aromatic heterocycles. The first-order valence-electron chi connectivity index (χ1n) is 7.16. The molecule has 0 spiro atoms. The molecule has 0 saturated carbocycles. The zero-order chi connectivity index (χ0) is 15.3. The summed E-state index contributed by atoms with van der Waals surface area (Å²) in [5.74, 6) is 0.860. The maximum absolute atomic E-state index is 11.8. The summed E-state index contributed by atoms with van der Waals surface area (Å²) in [6, 6.07) is 7.25. The third-order valence-electron chi connectivity index (χ3n) is 3.69. The molecule has 0 bridgehead atoms. The van der Waals surface area contributed by atoms with Crippen LogP contribution in [0, 0.1) is 5.92 Å². The Labute approximate surface area is 130 Å². The van der Waals surface area contributed by atoms with E-state index in [1.807, 2.05) is 12.1 Å². The van der Waals surface area contributed by atoms with Gasteiger partial charge in [0.2, 0.25) is 5.91 Å². The second-order valence-corrected chi connectivity index (χ2v) is 8.23. The standard InChI is InChI=1S/C15H20ClNO3S/c16-14-5-1-3-13(9-14)10-15(18)17-7-2-4-12-6-8-21(19,20)11-12/h1,3,5,9,12H,2,4,6-8,10-11H2,(H,17,18). The largest absolute Gasteiger partial charge is 0.356 e. The molecule has 2 rings (SSSR count). The fourth-order valence-corrected chi connectivity index (χ4v) is 4.74. The molecule has 6 heteroatoms. The third-order valence-corrected chi connectivity index (χ3v) is 5.76. The van der Waals surface area contributed by atoms with E-state index < -0.39 is 9.84 Å². The molecule has 1 unspecified atom stereocenters. The minimum atomic E-state index is -2.79. The first-order valence-corrected chi connectivity index (χ1v) is 9.36. The van der Waals surface area contributed by atoms with Crippen molar-refractivity contribution < 1.29 is 13.2 Å². The van der Waals surface area contributed by atoms with Crippen LogP contribution in [0.5, 0.6) is 0 Å². The van der Waals surface area contributed by atoms with Crippen LogP contribution in [0.2, 0.25) is 5.02 Å². The minimum absolute atomic E-state index is 0.0312. The zero-order valence-corrected chi connectivity index (χ0v) is 13.4. The van der Waals surface area contributed by atoms with Crippen LogP contribution in [-0.2, 0) is 21.1 Å². The summed E-state index contributed by atoms with van der Waals surface area (Å²) in [4.78, 5) is 11.8. The van der Waals surface area contributed by atoms with E-state index in [1.165, 1.54) is 0 Å². The highest BCUT2D eigenvalue weighted by atomic mass is 35.5. The molecule has 1 aliphatic rings. The highest BCUT2D eigenvalue weighted by molar-refractivity contribution is 7.91. The molecule has 1 aromatic rings. The molecule has 0 aliphatic carbocycles. The van der Waals surface area contributed by atoms with Gasteiger partial charge in [-0.1, -0.05) is 23.7 Å². The molecular formula is C15H20ClNO3S. The molecular weight excluding hydrogens is 310 g/mol. The van der Waals surface area contributed by atoms with Crippen molar-refractivity contribution in [1.82, 2.24) is 5.32 Å². The van der Waals surface area contributed by atoms with Crippen LogP contribution in [0.1, 0.15) is 24.8 Å². The van der Waals surface area contributed by atoms with Gasteiger partial charge in [-0.3, -0.25) is 4.79 Å². The number of carbonyl (C=O) groups is 1. The lowest BCUT2D eigenvalue weighted by Gasteiger charge is -2.08. The van der Waals surface area contributed by atoms with E-state index in [4.69, 9.17) is 11.6 Å². The quantitative estimate of drug-likeness (QED) is 0.814. The van der Waals surface area contributed by atoms with Crippen molar-refractivity contribution >= 4 is 27.3 Å². The van der Waals surface area contributed by atoms with Gasteiger partial charge in [0.15, 0.2) is 9.84 Å². The lowest BCUT2D eigenvalue weighted by atomic mass is 10.0. The molecule has 0 radical (unpaired) electrons. The maximum atomic E-state index is 11.8. The van der Waals surface area contributed by atoms with Crippen LogP contribution in [0.25, 0.3) is 0 Å². The summed E-state index contributed by atoms with van der Waals surface area (Å²) in [6.07, 6.45) is 2.76. The van der Waals surface area contributed by atoms with E-state index >= 15 is 0 Å². The third kappa shape index (κ3) is 5.67. The van der Waals surface area contributed by atoms with Gasteiger partial charge in [0.25, 0.3) is 0 Å². The summed E-state index contributed by atoms with van der Waals surface area (Å²) >= 11 is 5.87. The van der Waals surface area contributed by atoms with Gasteiger partial charge in [-0.25, -0.2) is 8.42 Å². The van der Waals surface area contributed by atoms with E-state index in [0.717, 1.165) is 24.8 Å². The van der Waals surface area contributed by atoms with Gasteiger partial charge in [-0.15, -0.1) is 0 Å². The number of hydrogen-bond donors (Lipinski definition) is 1. The van der Waals surface area contributed by atoms with Crippen LogP contribution in [-0.4, -0.2) is 32.4 Å². The van der Waals surface area contributed by atoms with Crippen molar-refractivity contribution in [2.75, 3.05) is 18.1 Å². The van der Waals surface area contributed by atoms with Gasteiger partial charge in [0.05, 0.1) is 17.9 Å². The number of benzene rings is 1. The fourth-order valence-electron chi connectivity index (χ4n) is 2.61. The summed E-state index contributed by atoms with van der Waals surface area (Å²) in [5.41, 5.74) is 0.891. The first kappa shape index (κ1) is 16.3. The van der Waals surface area contributed by atoms with Crippen molar-refractivity contribution in [1.29, 1.82) is 0 Å². The second-order valence-electron chi connectivity index (χ2n) is 5.57. The molecule has 1 fully saturated rings. The van der Waals surface area contributed by atoms with Crippen molar-refractivity contribution in [3.63, 3.8) is 0 Å². The molecule has 1 aliphatic heterocycles. The lowest BCUT2D eigenvalue weighted by Crippen LogP contribution is -2.26. The molecule has 1 atom stereocenters. The number of halogens is 1. The Morgan fingerprint density at radius 3 is 2.86 bits per heavy atom. The van der Waals surface area contributed by atoms with Crippen molar-refractivity contribution in [2.24, 2.45) is 5.92 Å². The van der Waals surface area contributed by atoms with E-state index in [1.54, 1.807) is 12.1 Å². The monoisotopic (exact) mass is 329 g/mol. The van der Waals surface area contributed by atoms with Crippen LogP contribution >= 0.6 is 11.6 Å². The van der Waals surface area contributed by atoms with Crippen LogP contribution in [0.4, 0.5) is 0 Å². The van der Waals surface area contributed by atoms with Gasteiger partial charge in [-0.05, 0) is 42.9 Å². The molecule has 1 N–H and O–H groups in total. The minimum Gasteiger partial charge on any atom is -0.356 e. The lowest BCUT2D eigenvalue weighted by molar-refractivity contribution is -0.120. The normalized spacial score (nSPS) is 20.3. The summed E-state index contributed by atoms with van der Waals surface area (Å²) < 4.78 is 22.7. The summed E-state index contributed by atoms with van der Waals surface area (Å²) in [6.45, 7) is 0.593. The van der Waals surface area contributed by atoms with Crippen LogP contribution in [0.15, 0.2) is 24.3 Å². The topological polar surface area (TPSA) is 63.2 Å². The molecule has 1 heterocycles. The Morgan fingerprint density at radius 2 is 2.19 bits per heavy atom. The Hall–Kier alpha value is -1.07. The smallest absolute Gasteiger partial charge is 0.224 e. The Kier molecular flexibility index (Phi) is 5.65. The summed E-state index contributed by atoms with van der Waals surface area (Å²) in [7, 11) is -2.79. The van der Waals surface area contributed by atoms with Crippen molar-refractivity contribution in [3.8, 4) is 0 Å². The molecule has 4 nitrogen and oxygen atoms in total. The van der Waals surface area contributed by atoms with Gasteiger partial charge in [-0.2, -0.15) is 0 Å². The number of hydrogen-bond acceptors (Lipinski definition) is 3. The summed E-state index contributed by atoms with van der Waals surface area (Å²) in [5, 5.41) is 3.49. The SMILES string of the molecule is O=C(Cc1cccc(Cl)c1)NCCCC1CCS(=O)(=O)C1. The highest BCUT2D eigenvalue weighted by Crippen LogP contribution is 2.22. The second kappa shape index (κ2) is 7.27. The number of rotatable bonds is 6. The Balaban J connectivity index is 1.64. The van der Waals surface area contributed by atoms with Gasteiger partial charge in [0.1, 0.15) is 0 Å². The molecule has 1 aromatic carbocycles. The Bertz CT molecular complexity index is 601. The molecule has 1 amide bonds. The van der Waals surface area contributed by atoms with Gasteiger partial charge < -0.3 is 5.32 Å². The van der Waals surface area contributed by atoms with E-state index in [0.29, 0.717) is 29.5 Å². The zero-order valence-electron chi connectivity index (χ0n) is 11.8. The van der Waals surface area contributed by atoms with E-state index in [-0.39, 0.29) is 11.8 Å². The predicted molar refractivity (Wildman–Crippen MR) is 84.2 cm³/mol. The van der Waals surface area contributed by atoms with E-state index in [2.05, 4.69) is 5.32 Å². The number of nitrogens with one attached hydrogen (secondary N) is 1. The van der Waals surface area contributed by atoms with Crippen molar-refractivity contribution in [2.45, 2.75) is 25.7 Å². The van der Waals surface area contributed by atoms with Crippen LogP contribution < -0.4 is 5.32 Å². The average Bonchev–Trinajstić information content (AvgIpc) is 2.74. The van der Waals surface area contributed by atoms with Crippen LogP contribution in [0.3, 0.4) is 0 Å². The van der Waals surface area contributed by atoms with Gasteiger partial charge >= 0.3 is 0 Å². The molecule has 1 saturated heterocycles. The first-order chi connectivity index (χ1) is 9.94. The molecule has 116 valence electrons. The number of carbonyl (C=O) groups excluding carboxylic acids is 1. The Morgan fingerprint density at radius 1 is 1.38 bits per heavy atom. The van der Waals surface area contributed by atoms with Crippen molar-refractivity contribution in [3.05, 3.63) is 34.9 Å². The average molecular weight is 330 g/mol. The molecule has 21 heavy (non-hydrogen) atoms. The highest BCUT2D eigenvalue weighted by Gasteiger charge is 2.27. The fraction of sp³-hybridized carbons (Fsp3) is 0.533. The number of amides is 1. The van der Waals surface area contributed by atoms with Gasteiger partial charge in [0, 0.05) is 11.6 Å².